The number of ether oxygens (including phenoxy) is 2. The standard InChI is InChI=1S/C36H41F2N7O4/c1-36(2,3)49-35(47)40-25(17-37)19-44-12-10-23-14-28-27(16-26(23)34(44)46)41-33(42(28)4)29-15-24-6-5-7-30(32(24)45(29)18-22-8-9-22)48-31(38)20-43-13-11-39-21-43/h5-7,11,13-16,21-22,25,31H,8-10,12,17-20H2,1-4H3,(H,40,47)/t25-,31?/m1/s1. The first kappa shape index (κ1) is 32.6. The summed E-state index contributed by atoms with van der Waals surface area (Å²) in [5, 5.41) is 3.47. The molecule has 1 saturated carbocycles. The van der Waals surface area contributed by atoms with Crippen LogP contribution in [0.3, 0.4) is 0 Å². The molecule has 1 aliphatic carbocycles. The third-order valence-electron chi connectivity index (χ3n) is 9.04. The third-order valence-corrected chi connectivity index (χ3v) is 9.04. The van der Waals surface area contributed by atoms with Gasteiger partial charge in [0.15, 0.2) is 5.82 Å². The Bertz CT molecular complexity index is 2010. The van der Waals surface area contributed by atoms with Gasteiger partial charge in [-0.3, -0.25) is 4.79 Å². The molecule has 0 radical (unpaired) electrons. The number of carbonyl (C=O) groups is 2. The summed E-state index contributed by atoms with van der Waals surface area (Å²) >= 11 is 0. The molecule has 11 nitrogen and oxygen atoms in total. The summed E-state index contributed by atoms with van der Waals surface area (Å²) < 4.78 is 46.1. The second-order valence-corrected chi connectivity index (χ2v) is 14.1. The first-order chi connectivity index (χ1) is 23.5. The van der Waals surface area contributed by atoms with Gasteiger partial charge >= 0.3 is 6.09 Å². The molecule has 7 rings (SSSR count). The molecular weight excluding hydrogens is 632 g/mol. The number of amides is 2. The zero-order chi connectivity index (χ0) is 34.4. The van der Waals surface area contributed by atoms with Gasteiger partial charge in [-0.2, -0.15) is 4.39 Å². The van der Waals surface area contributed by atoms with Crippen LogP contribution in [0.1, 0.15) is 49.5 Å². The molecule has 1 aliphatic heterocycles. The fourth-order valence-electron chi connectivity index (χ4n) is 6.55. The van der Waals surface area contributed by atoms with E-state index < -0.39 is 30.8 Å². The van der Waals surface area contributed by atoms with Crippen LogP contribution in [-0.4, -0.2) is 78.3 Å². The van der Waals surface area contributed by atoms with Gasteiger partial charge in [-0.1, -0.05) is 12.1 Å². The molecule has 2 aromatic carbocycles. The van der Waals surface area contributed by atoms with E-state index in [1.165, 1.54) is 0 Å². The van der Waals surface area contributed by atoms with Gasteiger partial charge in [0.25, 0.3) is 12.3 Å². The molecule has 258 valence electrons. The highest BCUT2D eigenvalue weighted by atomic mass is 19.1. The highest BCUT2D eigenvalue weighted by Gasteiger charge is 2.31. The Hall–Kier alpha value is -4.94. The number of benzene rings is 2. The molecule has 1 fully saturated rings. The number of aryl methyl sites for hydroxylation is 1. The van der Waals surface area contributed by atoms with Crippen molar-refractivity contribution in [1.82, 2.24) is 33.9 Å². The SMILES string of the molecule is Cn1c(-c2cc3cccc(OC(F)Cn4ccnc4)c3n2CC2CC2)nc2cc3c(cc21)CCN(C[C@@H](CF)NC(=O)OC(C)(C)C)C3=O. The molecule has 3 aromatic heterocycles. The van der Waals surface area contributed by atoms with Crippen LogP contribution in [0, 0.1) is 5.92 Å². The molecule has 2 atom stereocenters. The number of para-hydroxylation sites is 1. The molecule has 1 unspecified atom stereocenters. The summed E-state index contributed by atoms with van der Waals surface area (Å²) in [6.45, 7) is 5.54. The smallest absolute Gasteiger partial charge is 0.408 e. The number of rotatable bonds is 11. The van der Waals surface area contributed by atoms with Crippen LogP contribution in [0.2, 0.25) is 0 Å². The van der Waals surface area contributed by atoms with E-state index in [-0.39, 0.29) is 19.0 Å². The molecule has 5 aromatic rings. The fourth-order valence-corrected chi connectivity index (χ4v) is 6.55. The number of nitrogens with one attached hydrogen (secondary N) is 1. The average molecular weight is 674 g/mol. The number of hydrogen-bond acceptors (Lipinski definition) is 6. The zero-order valence-electron chi connectivity index (χ0n) is 28.2. The van der Waals surface area contributed by atoms with E-state index in [1.54, 1.807) is 61.1 Å². The largest absolute Gasteiger partial charge is 0.456 e. The molecule has 49 heavy (non-hydrogen) atoms. The summed E-state index contributed by atoms with van der Waals surface area (Å²) in [7, 11) is 1.96. The lowest BCUT2D eigenvalue weighted by atomic mass is 9.97. The number of hydrogen-bond donors (Lipinski definition) is 1. The van der Waals surface area contributed by atoms with Crippen LogP contribution < -0.4 is 10.1 Å². The van der Waals surface area contributed by atoms with E-state index in [2.05, 4.69) is 20.9 Å². The van der Waals surface area contributed by atoms with E-state index in [0.29, 0.717) is 35.7 Å². The fraction of sp³-hybridized carbons (Fsp3) is 0.444. The van der Waals surface area contributed by atoms with Crippen molar-refractivity contribution >= 4 is 33.9 Å². The van der Waals surface area contributed by atoms with Crippen LogP contribution in [0.4, 0.5) is 13.6 Å². The van der Waals surface area contributed by atoms with Crippen molar-refractivity contribution in [3.05, 3.63) is 66.2 Å². The summed E-state index contributed by atoms with van der Waals surface area (Å²) in [4.78, 5) is 36.6. The van der Waals surface area contributed by atoms with Crippen molar-refractivity contribution in [3.63, 3.8) is 0 Å². The number of fused-ring (bicyclic) bond motifs is 3. The molecule has 0 spiro atoms. The quantitative estimate of drug-likeness (QED) is 0.183. The number of alkyl carbamates (subject to hydrolysis) is 1. The molecule has 4 heterocycles. The molecule has 2 aliphatic rings. The van der Waals surface area contributed by atoms with Crippen molar-refractivity contribution in [2.75, 3.05) is 19.8 Å². The minimum atomic E-state index is -1.57. The van der Waals surface area contributed by atoms with E-state index in [0.717, 1.165) is 52.9 Å². The lowest BCUT2D eigenvalue weighted by Crippen LogP contribution is -2.50. The lowest BCUT2D eigenvalue weighted by molar-refractivity contribution is 0.0465. The maximum Gasteiger partial charge on any atom is 0.408 e. The minimum absolute atomic E-state index is 0.0207. The van der Waals surface area contributed by atoms with Gasteiger partial charge in [-0.05, 0) is 75.8 Å². The molecule has 0 saturated heterocycles. The van der Waals surface area contributed by atoms with Crippen LogP contribution in [0.5, 0.6) is 5.75 Å². The maximum absolute atomic E-state index is 15.2. The van der Waals surface area contributed by atoms with E-state index in [9.17, 15) is 14.0 Å². The lowest BCUT2D eigenvalue weighted by Gasteiger charge is -2.31. The minimum Gasteiger partial charge on any atom is -0.456 e. The maximum atomic E-state index is 15.2. The van der Waals surface area contributed by atoms with Gasteiger partial charge in [0.2, 0.25) is 0 Å². The summed E-state index contributed by atoms with van der Waals surface area (Å²) in [5.41, 5.74) is 3.92. The van der Waals surface area contributed by atoms with Crippen LogP contribution >= 0.6 is 0 Å². The Labute approximate surface area is 282 Å². The topological polar surface area (TPSA) is 108 Å². The summed E-state index contributed by atoms with van der Waals surface area (Å²) in [5.74, 6) is 1.46. The Morgan fingerprint density at radius 3 is 2.69 bits per heavy atom. The van der Waals surface area contributed by atoms with Gasteiger partial charge in [-0.25, -0.2) is 19.2 Å². The van der Waals surface area contributed by atoms with Gasteiger partial charge in [0, 0.05) is 50.0 Å². The summed E-state index contributed by atoms with van der Waals surface area (Å²) in [6, 6.07) is 10.6. The first-order valence-corrected chi connectivity index (χ1v) is 16.7. The molecule has 0 bridgehead atoms. The normalized spacial score (nSPS) is 16.2. The number of carbonyl (C=O) groups excluding carboxylic acids is 2. The Morgan fingerprint density at radius 2 is 1.98 bits per heavy atom. The third kappa shape index (κ3) is 6.83. The van der Waals surface area contributed by atoms with Gasteiger partial charge in [0.1, 0.15) is 18.0 Å². The second-order valence-electron chi connectivity index (χ2n) is 14.1. The van der Waals surface area contributed by atoms with Gasteiger partial charge in [-0.15, -0.1) is 0 Å². The number of imidazole rings is 2. The van der Waals surface area contributed by atoms with Gasteiger partial charge in [0.05, 0.1) is 41.2 Å². The van der Waals surface area contributed by atoms with Crippen molar-refractivity contribution in [2.24, 2.45) is 13.0 Å². The van der Waals surface area contributed by atoms with Crippen LogP contribution in [-0.2, 0) is 31.3 Å². The molecule has 1 N–H and O–H groups in total. The Kier molecular flexibility index (Phi) is 8.53. The number of alkyl halides is 2. The van der Waals surface area contributed by atoms with Crippen LogP contribution in [0.25, 0.3) is 33.5 Å². The molecule has 13 heteroatoms. The monoisotopic (exact) mass is 673 g/mol. The predicted octanol–water partition coefficient (Wildman–Crippen LogP) is 6.04. The zero-order valence-corrected chi connectivity index (χ0v) is 28.2. The van der Waals surface area contributed by atoms with Crippen LogP contribution in [0.15, 0.2) is 55.1 Å². The summed E-state index contributed by atoms with van der Waals surface area (Å²) in [6.07, 6.45) is 5.40. The van der Waals surface area contributed by atoms with Gasteiger partial charge < -0.3 is 33.4 Å². The van der Waals surface area contributed by atoms with Crippen molar-refractivity contribution in [1.29, 1.82) is 0 Å². The van der Waals surface area contributed by atoms with Crippen molar-refractivity contribution in [3.8, 4) is 17.3 Å². The highest BCUT2D eigenvalue weighted by molar-refractivity contribution is 6.01. The highest BCUT2D eigenvalue weighted by Crippen LogP contribution is 2.40. The molecule has 2 amide bonds. The van der Waals surface area contributed by atoms with E-state index in [4.69, 9.17) is 14.5 Å². The number of halogens is 2. The van der Waals surface area contributed by atoms with Crippen molar-refractivity contribution in [2.45, 2.75) is 71.1 Å². The predicted molar refractivity (Wildman–Crippen MR) is 181 cm³/mol. The van der Waals surface area contributed by atoms with E-state index in [1.807, 2.05) is 29.8 Å². The second kappa shape index (κ2) is 12.8. The van der Waals surface area contributed by atoms with Crippen molar-refractivity contribution < 1.29 is 27.8 Å². The Morgan fingerprint density at radius 1 is 1.16 bits per heavy atom. The number of aromatic nitrogens is 5. The first-order valence-electron chi connectivity index (χ1n) is 16.7. The molecular formula is C36H41F2N7O4. The average Bonchev–Trinajstić information content (AvgIpc) is 3.42. The Balaban J connectivity index is 1.19. The van der Waals surface area contributed by atoms with E-state index >= 15 is 4.39 Å². The number of nitrogens with zero attached hydrogens (tertiary/aromatic N) is 6.